The standard InChI is InChI=1S/C24H26FN5OS/c1-24-10-9-14-13-3-2-4-19(25)15(13)5-6-16(14)21(24)17(18-11-26-29-22(18)24)7-8-20(31)28-23-30-27-12-32-23/h2-4,11-12,14,16-17,21H,5-10H2,1H3,(H,26,29)(H,28,30,31)/t14?,16?,17-,21?,24+/m1/s1. The van der Waals surface area contributed by atoms with Gasteiger partial charge >= 0.3 is 0 Å². The third-order valence-corrected chi connectivity index (χ3v) is 8.91. The molecule has 3 aliphatic carbocycles. The van der Waals surface area contributed by atoms with Gasteiger partial charge in [0.1, 0.15) is 11.3 Å². The van der Waals surface area contributed by atoms with Gasteiger partial charge in [0.05, 0.1) is 5.69 Å². The van der Waals surface area contributed by atoms with E-state index in [1.807, 2.05) is 12.3 Å². The molecule has 1 amide bonds. The molecule has 5 atom stereocenters. The molecule has 0 aliphatic heterocycles. The van der Waals surface area contributed by atoms with Crippen molar-refractivity contribution in [2.45, 2.75) is 62.7 Å². The van der Waals surface area contributed by atoms with E-state index in [2.05, 4.69) is 38.7 Å². The number of aromatic nitrogens is 4. The molecule has 3 aliphatic rings. The van der Waals surface area contributed by atoms with Gasteiger partial charge in [-0.15, -0.1) is 10.2 Å². The summed E-state index contributed by atoms with van der Waals surface area (Å²) in [6, 6.07) is 5.59. The highest BCUT2D eigenvalue weighted by molar-refractivity contribution is 7.13. The molecule has 6 rings (SSSR count). The number of benzene rings is 1. The Balaban J connectivity index is 1.30. The Morgan fingerprint density at radius 2 is 2.25 bits per heavy atom. The topological polar surface area (TPSA) is 83.6 Å². The fourth-order valence-electron chi connectivity index (χ4n) is 7.11. The molecule has 0 spiro atoms. The number of hydrogen-bond donors (Lipinski definition) is 2. The fraction of sp³-hybridized carbons (Fsp3) is 0.500. The van der Waals surface area contributed by atoms with E-state index in [-0.39, 0.29) is 23.1 Å². The van der Waals surface area contributed by atoms with Crippen molar-refractivity contribution in [3.63, 3.8) is 0 Å². The molecule has 6 nitrogen and oxygen atoms in total. The summed E-state index contributed by atoms with van der Waals surface area (Å²) < 4.78 is 14.5. The summed E-state index contributed by atoms with van der Waals surface area (Å²) in [5, 5.41) is 18.9. The van der Waals surface area contributed by atoms with Crippen LogP contribution in [0, 0.1) is 17.7 Å². The minimum atomic E-state index is -0.0567. The molecule has 1 fully saturated rings. The lowest BCUT2D eigenvalue weighted by molar-refractivity contribution is -0.116. The summed E-state index contributed by atoms with van der Waals surface area (Å²) in [6.45, 7) is 2.36. The summed E-state index contributed by atoms with van der Waals surface area (Å²) >= 11 is 1.33. The average molecular weight is 452 g/mol. The minimum absolute atomic E-state index is 0.00169. The summed E-state index contributed by atoms with van der Waals surface area (Å²) in [6.07, 6.45) is 7.15. The second-order valence-electron chi connectivity index (χ2n) is 9.72. The first-order chi connectivity index (χ1) is 15.6. The summed E-state index contributed by atoms with van der Waals surface area (Å²) in [7, 11) is 0. The SMILES string of the molecule is C[C@]12CCC3c4cccc(F)c4CCC3C1[C@H](CCC(=O)Nc1nncs1)c1c[nH]nc12. The second kappa shape index (κ2) is 7.47. The first-order valence-corrected chi connectivity index (χ1v) is 12.3. The van der Waals surface area contributed by atoms with Gasteiger partial charge in [0.2, 0.25) is 11.0 Å². The molecule has 3 aromatic rings. The Morgan fingerprint density at radius 3 is 3.09 bits per heavy atom. The number of aromatic amines is 1. The van der Waals surface area contributed by atoms with Crippen LogP contribution in [0.5, 0.6) is 0 Å². The van der Waals surface area contributed by atoms with Crippen molar-refractivity contribution in [3.8, 4) is 0 Å². The van der Waals surface area contributed by atoms with Crippen molar-refractivity contribution in [3.05, 3.63) is 58.1 Å². The van der Waals surface area contributed by atoms with Crippen molar-refractivity contribution in [1.82, 2.24) is 20.4 Å². The van der Waals surface area contributed by atoms with Crippen LogP contribution in [-0.4, -0.2) is 26.3 Å². The molecule has 2 aromatic heterocycles. The number of H-pyrrole nitrogens is 1. The van der Waals surface area contributed by atoms with Gasteiger partial charge < -0.3 is 5.32 Å². The number of nitrogens with one attached hydrogen (secondary N) is 2. The van der Waals surface area contributed by atoms with E-state index in [0.29, 0.717) is 29.3 Å². The lowest BCUT2D eigenvalue weighted by Gasteiger charge is -2.50. The Morgan fingerprint density at radius 1 is 1.34 bits per heavy atom. The Labute approximate surface area is 190 Å². The van der Waals surface area contributed by atoms with Crippen molar-refractivity contribution in [1.29, 1.82) is 0 Å². The molecule has 1 saturated carbocycles. The highest BCUT2D eigenvalue weighted by Crippen LogP contribution is 2.64. The Hall–Kier alpha value is -2.61. The van der Waals surface area contributed by atoms with Crippen molar-refractivity contribution >= 4 is 22.4 Å². The third kappa shape index (κ3) is 2.95. The maximum atomic E-state index is 14.5. The van der Waals surface area contributed by atoms with Gasteiger partial charge in [-0.3, -0.25) is 9.89 Å². The normalized spacial score (nSPS) is 30.2. The van der Waals surface area contributed by atoms with E-state index < -0.39 is 0 Å². The fourth-order valence-corrected chi connectivity index (χ4v) is 7.57. The van der Waals surface area contributed by atoms with E-state index in [1.165, 1.54) is 28.2 Å². The molecule has 0 bridgehead atoms. The van der Waals surface area contributed by atoms with Crippen LogP contribution >= 0.6 is 11.3 Å². The van der Waals surface area contributed by atoms with Crippen LogP contribution < -0.4 is 5.32 Å². The quantitative estimate of drug-likeness (QED) is 0.589. The van der Waals surface area contributed by atoms with Gasteiger partial charge in [0.15, 0.2) is 0 Å². The van der Waals surface area contributed by atoms with Gasteiger partial charge in [-0.05, 0) is 78.5 Å². The highest BCUT2D eigenvalue weighted by atomic mass is 32.1. The van der Waals surface area contributed by atoms with Crippen LogP contribution in [0.3, 0.4) is 0 Å². The van der Waals surface area contributed by atoms with Crippen LogP contribution in [-0.2, 0) is 16.6 Å². The van der Waals surface area contributed by atoms with E-state index in [4.69, 9.17) is 0 Å². The highest BCUT2D eigenvalue weighted by Gasteiger charge is 2.58. The molecule has 2 heterocycles. The molecule has 166 valence electrons. The molecule has 32 heavy (non-hydrogen) atoms. The first kappa shape index (κ1) is 20.0. The zero-order chi connectivity index (χ0) is 21.9. The molecule has 0 saturated heterocycles. The predicted molar refractivity (Wildman–Crippen MR) is 120 cm³/mol. The lowest BCUT2D eigenvalue weighted by Crippen LogP contribution is -2.44. The molecular formula is C24H26FN5OS. The van der Waals surface area contributed by atoms with Crippen LogP contribution in [0.1, 0.15) is 73.2 Å². The van der Waals surface area contributed by atoms with Gasteiger partial charge in [-0.1, -0.05) is 30.4 Å². The number of carbonyl (C=O) groups excluding carboxylic acids is 1. The molecule has 3 unspecified atom stereocenters. The zero-order valence-electron chi connectivity index (χ0n) is 18.0. The molecule has 8 heteroatoms. The number of amides is 1. The van der Waals surface area contributed by atoms with Gasteiger partial charge in [-0.2, -0.15) is 5.10 Å². The predicted octanol–water partition coefficient (Wildman–Crippen LogP) is 4.93. The number of halogens is 1. The smallest absolute Gasteiger partial charge is 0.226 e. The molecule has 0 radical (unpaired) electrons. The van der Waals surface area contributed by atoms with E-state index in [0.717, 1.165) is 37.7 Å². The summed E-state index contributed by atoms with van der Waals surface area (Å²) in [4.78, 5) is 12.6. The van der Waals surface area contributed by atoms with E-state index in [1.54, 1.807) is 11.6 Å². The van der Waals surface area contributed by atoms with E-state index in [9.17, 15) is 9.18 Å². The molecule has 2 N–H and O–H groups in total. The minimum Gasteiger partial charge on any atom is -0.301 e. The molecular weight excluding hydrogens is 425 g/mol. The lowest BCUT2D eigenvalue weighted by atomic mass is 9.53. The van der Waals surface area contributed by atoms with Crippen LogP contribution in [0.2, 0.25) is 0 Å². The van der Waals surface area contributed by atoms with Crippen LogP contribution in [0.25, 0.3) is 0 Å². The van der Waals surface area contributed by atoms with E-state index >= 15 is 0 Å². The maximum Gasteiger partial charge on any atom is 0.226 e. The first-order valence-electron chi connectivity index (χ1n) is 11.4. The number of rotatable bonds is 4. The largest absolute Gasteiger partial charge is 0.301 e. The number of hydrogen-bond acceptors (Lipinski definition) is 5. The van der Waals surface area contributed by atoms with Crippen molar-refractivity contribution in [2.24, 2.45) is 11.8 Å². The van der Waals surface area contributed by atoms with Crippen molar-refractivity contribution < 1.29 is 9.18 Å². The van der Waals surface area contributed by atoms with Crippen LogP contribution in [0.15, 0.2) is 29.9 Å². The summed E-state index contributed by atoms with van der Waals surface area (Å²) in [5.74, 6) is 1.48. The van der Waals surface area contributed by atoms with Gasteiger partial charge in [0, 0.05) is 18.0 Å². The van der Waals surface area contributed by atoms with Gasteiger partial charge in [0.25, 0.3) is 0 Å². The zero-order valence-corrected chi connectivity index (χ0v) is 18.8. The summed E-state index contributed by atoms with van der Waals surface area (Å²) in [5.41, 5.74) is 6.19. The van der Waals surface area contributed by atoms with Gasteiger partial charge in [-0.25, -0.2) is 4.39 Å². The second-order valence-corrected chi connectivity index (χ2v) is 10.6. The number of anilines is 1. The maximum absolute atomic E-state index is 14.5. The average Bonchev–Trinajstić information content (AvgIpc) is 3.51. The number of carbonyl (C=O) groups is 1. The van der Waals surface area contributed by atoms with Crippen molar-refractivity contribution in [2.75, 3.05) is 5.32 Å². The molecule has 1 aromatic carbocycles. The monoisotopic (exact) mass is 451 g/mol. The Kier molecular flexibility index (Phi) is 4.68. The van der Waals surface area contributed by atoms with Crippen LogP contribution in [0.4, 0.5) is 9.52 Å². The Bertz CT molecular complexity index is 1160. The number of nitrogens with zero attached hydrogens (tertiary/aromatic N) is 3. The third-order valence-electron chi connectivity index (χ3n) is 8.30. The number of fused-ring (bicyclic) bond motifs is 7.